The van der Waals surface area contributed by atoms with E-state index in [0.717, 1.165) is 24.2 Å². The number of amides is 1. The van der Waals surface area contributed by atoms with E-state index in [1.54, 1.807) is 11.3 Å². The van der Waals surface area contributed by atoms with Crippen molar-refractivity contribution in [3.8, 4) is 5.75 Å². The van der Waals surface area contributed by atoms with E-state index < -0.39 is 0 Å². The van der Waals surface area contributed by atoms with Crippen LogP contribution in [0.1, 0.15) is 36.1 Å². The van der Waals surface area contributed by atoms with Gasteiger partial charge in [0.1, 0.15) is 5.75 Å². The van der Waals surface area contributed by atoms with Crippen LogP contribution in [-0.2, 0) is 10.2 Å². The molecule has 1 aliphatic rings. The number of thiophene rings is 1. The van der Waals surface area contributed by atoms with Gasteiger partial charge in [0.25, 0.3) is 5.91 Å². The van der Waals surface area contributed by atoms with Crippen LogP contribution >= 0.6 is 11.3 Å². The molecule has 1 saturated carbocycles. The molecule has 2 aromatic rings. The molecule has 3 nitrogen and oxygen atoms in total. The molecule has 23 heavy (non-hydrogen) atoms. The second-order valence-electron chi connectivity index (χ2n) is 6.30. The number of rotatable bonds is 6. The van der Waals surface area contributed by atoms with Crippen LogP contribution in [0, 0.1) is 6.92 Å². The maximum Gasteiger partial charge on any atom is 0.257 e. The van der Waals surface area contributed by atoms with E-state index in [1.165, 1.54) is 17.7 Å². The molecular formula is C19H23NO2S. The highest BCUT2D eigenvalue weighted by atomic mass is 32.1. The van der Waals surface area contributed by atoms with Gasteiger partial charge in [-0.05, 0) is 42.8 Å². The van der Waals surface area contributed by atoms with Gasteiger partial charge in [0.05, 0.1) is 0 Å². The fourth-order valence-corrected chi connectivity index (χ4v) is 4.31. The Morgan fingerprint density at radius 2 is 2.00 bits per heavy atom. The maximum absolute atomic E-state index is 12.2. The Balaban J connectivity index is 1.55. The lowest BCUT2D eigenvalue weighted by molar-refractivity contribution is -0.123. The van der Waals surface area contributed by atoms with Crippen LogP contribution in [0.4, 0.5) is 0 Å². The summed E-state index contributed by atoms with van der Waals surface area (Å²) in [7, 11) is 0. The van der Waals surface area contributed by atoms with Crippen molar-refractivity contribution in [1.82, 2.24) is 5.32 Å². The van der Waals surface area contributed by atoms with E-state index in [4.69, 9.17) is 4.74 Å². The Hall–Kier alpha value is -1.81. The van der Waals surface area contributed by atoms with E-state index in [2.05, 4.69) is 22.8 Å². The monoisotopic (exact) mass is 329 g/mol. The lowest BCUT2D eigenvalue weighted by Gasteiger charge is -2.28. The lowest BCUT2D eigenvalue weighted by atomic mass is 9.84. The number of carbonyl (C=O) groups is 1. The first kappa shape index (κ1) is 16.1. The van der Waals surface area contributed by atoms with Crippen molar-refractivity contribution < 1.29 is 9.53 Å². The first-order valence-corrected chi connectivity index (χ1v) is 9.07. The number of hydrogen-bond donors (Lipinski definition) is 1. The summed E-state index contributed by atoms with van der Waals surface area (Å²) < 4.78 is 5.63. The highest BCUT2D eigenvalue weighted by Gasteiger charge is 2.36. The molecule has 0 bridgehead atoms. The fourth-order valence-electron chi connectivity index (χ4n) is 3.32. The topological polar surface area (TPSA) is 38.3 Å². The van der Waals surface area contributed by atoms with Gasteiger partial charge in [-0.15, -0.1) is 11.3 Å². The van der Waals surface area contributed by atoms with Crippen LogP contribution in [-0.4, -0.2) is 19.1 Å². The quantitative estimate of drug-likeness (QED) is 0.868. The predicted octanol–water partition coefficient (Wildman–Crippen LogP) is 4.06. The summed E-state index contributed by atoms with van der Waals surface area (Å²) in [6, 6.07) is 12.1. The smallest absolute Gasteiger partial charge is 0.257 e. The van der Waals surface area contributed by atoms with E-state index >= 15 is 0 Å². The molecule has 1 heterocycles. The average Bonchev–Trinajstić information content (AvgIpc) is 3.24. The van der Waals surface area contributed by atoms with Gasteiger partial charge in [0.2, 0.25) is 0 Å². The van der Waals surface area contributed by atoms with Crippen molar-refractivity contribution in [3.05, 3.63) is 52.2 Å². The molecule has 4 heteroatoms. The van der Waals surface area contributed by atoms with Gasteiger partial charge in [-0.3, -0.25) is 4.79 Å². The van der Waals surface area contributed by atoms with Crippen molar-refractivity contribution in [2.24, 2.45) is 0 Å². The zero-order chi connectivity index (χ0) is 16.1. The van der Waals surface area contributed by atoms with Crippen LogP contribution in [0.5, 0.6) is 5.75 Å². The molecule has 0 radical (unpaired) electrons. The highest BCUT2D eigenvalue weighted by Crippen LogP contribution is 2.42. The number of hydrogen-bond acceptors (Lipinski definition) is 3. The zero-order valence-electron chi connectivity index (χ0n) is 13.5. The molecule has 0 spiro atoms. The molecule has 1 N–H and O–H groups in total. The Kier molecular flexibility index (Phi) is 5.01. The second kappa shape index (κ2) is 7.18. The Bertz CT molecular complexity index is 645. The second-order valence-corrected chi connectivity index (χ2v) is 7.24. The minimum Gasteiger partial charge on any atom is -0.484 e. The van der Waals surface area contributed by atoms with E-state index in [1.807, 2.05) is 31.2 Å². The van der Waals surface area contributed by atoms with Crippen molar-refractivity contribution >= 4 is 17.2 Å². The Morgan fingerprint density at radius 3 is 2.70 bits per heavy atom. The molecule has 0 saturated heterocycles. The molecule has 3 rings (SSSR count). The SMILES string of the molecule is Cc1ccccc1OCC(=O)NCC1(c2cccs2)CCCC1. The third kappa shape index (κ3) is 3.75. The molecule has 0 atom stereocenters. The summed E-state index contributed by atoms with van der Waals surface area (Å²) in [4.78, 5) is 13.6. The number of ether oxygens (including phenoxy) is 1. The summed E-state index contributed by atoms with van der Waals surface area (Å²) in [6.45, 7) is 2.77. The van der Waals surface area contributed by atoms with Gasteiger partial charge >= 0.3 is 0 Å². The van der Waals surface area contributed by atoms with E-state index in [-0.39, 0.29) is 17.9 Å². The average molecular weight is 329 g/mol. The highest BCUT2D eigenvalue weighted by molar-refractivity contribution is 7.10. The van der Waals surface area contributed by atoms with Crippen LogP contribution in [0.15, 0.2) is 41.8 Å². The first-order chi connectivity index (χ1) is 11.2. The summed E-state index contributed by atoms with van der Waals surface area (Å²) >= 11 is 1.80. The van der Waals surface area contributed by atoms with Crippen molar-refractivity contribution in [2.75, 3.05) is 13.2 Å². The third-order valence-corrected chi connectivity index (χ3v) is 5.80. The number of nitrogens with one attached hydrogen (secondary N) is 1. The minimum absolute atomic E-state index is 0.0453. The normalized spacial score (nSPS) is 16.2. The zero-order valence-corrected chi connectivity index (χ0v) is 14.3. The summed E-state index contributed by atoms with van der Waals surface area (Å²) in [5.74, 6) is 0.729. The van der Waals surface area contributed by atoms with Crippen molar-refractivity contribution in [1.29, 1.82) is 0 Å². The Labute approximate surface area is 141 Å². The van der Waals surface area contributed by atoms with Gasteiger partial charge in [0, 0.05) is 16.8 Å². The molecule has 1 fully saturated rings. The molecule has 0 aliphatic heterocycles. The molecule has 1 aromatic heterocycles. The summed E-state index contributed by atoms with van der Waals surface area (Å²) in [5, 5.41) is 5.21. The van der Waals surface area contributed by atoms with Crippen LogP contribution in [0.3, 0.4) is 0 Å². The van der Waals surface area contributed by atoms with Gasteiger partial charge in [0.15, 0.2) is 6.61 Å². The fraction of sp³-hybridized carbons (Fsp3) is 0.421. The molecular weight excluding hydrogens is 306 g/mol. The minimum atomic E-state index is -0.0453. The number of benzene rings is 1. The third-order valence-electron chi connectivity index (χ3n) is 4.68. The van der Waals surface area contributed by atoms with E-state index in [0.29, 0.717) is 6.54 Å². The van der Waals surface area contributed by atoms with Crippen LogP contribution in [0.2, 0.25) is 0 Å². The number of aryl methyl sites for hydroxylation is 1. The first-order valence-electron chi connectivity index (χ1n) is 8.19. The van der Waals surface area contributed by atoms with Gasteiger partial charge < -0.3 is 10.1 Å². The largest absolute Gasteiger partial charge is 0.484 e. The molecule has 122 valence electrons. The van der Waals surface area contributed by atoms with Gasteiger partial charge in [-0.1, -0.05) is 37.1 Å². The molecule has 1 aromatic carbocycles. The van der Waals surface area contributed by atoms with Crippen molar-refractivity contribution in [3.63, 3.8) is 0 Å². The Morgan fingerprint density at radius 1 is 1.22 bits per heavy atom. The predicted molar refractivity (Wildman–Crippen MR) is 94.1 cm³/mol. The summed E-state index contributed by atoms with van der Waals surface area (Å²) in [5.41, 5.74) is 1.18. The van der Waals surface area contributed by atoms with Crippen molar-refractivity contribution in [2.45, 2.75) is 38.0 Å². The van der Waals surface area contributed by atoms with Crippen LogP contribution in [0.25, 0.3) is 0 Å². The lowest BCUT2D eigenvalue weighted by Crippen LogP contribution is -2.40. The summed E-state index contributed by atoms with van der Waals surface area (Å²) in [6.07, 6.45) is 4.81. The molecule has 1 amide bonds. The molecule has 0 unspecified atom stereocenters. The van der Waals surface area contributed by atoms with Gasteiger partial charge in [-0.25, -0.2) is 0 Å². The van der Waals surface area contributed by atoms with Crippen LogP contribution < -0.4 is 10.1 Å². The van der Waals surface area contributed by atoms with Gasteiger partial charge in [-0.2, -0.15) is 0 Å². The maximum atomic E-state index is 12.2. The van der Waals surface area contributed by atoms with E-state index in [9.17, 15) is 4.79 Å². The number of para-hydroxylation sites is 1. The standard InChI is InChI=1S/C19H23NO2S/c1-15-7-2-3-8-16(15)22-13-18(21)20-14-19(10-4-5-11-19)17-9-6-12-23-17/h2-3,6-9,12H,4-5,10-11,13-14H2,1H3,(H,20,21). The molecule has 1 aliphatic carbocycles. The number of carbonyl (C=O) groups excluding carboxylic acids is 1.